The molecule has 2 aliphatic heterocycles. The fourth-order valence-corrected chi connectivity index (χ4v) is 6.95. The van der Waals surface area contributed by atoms with E-state index in [0.717, 1.165) is 29.3 Å². The Morgan fingerprint density at radius 2 is 1.79 bits per heavy atom. The Bertz CT molecular complexity index is 1520. The van der Waals surface area contributed by atoms with Crippen molar-refractivity contribution in [3.05, 3.63) is 106 Å². The van der Waals surface area contributed by atoms with E-state index < -0.39 is 0 Å². The van der Waals surface area contributed by atoms with E-state index in [1.807, 2.05) is 65.3 Å². The summed E-state index contributed by atoms with van der Waals surface area (Å²) in [6, 6.07) is 22.7. The van der Waals surface area contributed by atoms with Crippen molar-refractivity contribution in [3.8, 4) is 0 Å². The van der Waals surface area contributed by atoms with E-state index in [1.54, 1.807) is 23.5 Å². The predicted molar refractivity (Wildman–Crippen MR) is 153 cm³/mol. The van der Waals surface area contributed by atoms with Gasteiger partial charge in [-0.2, -0.15) is 0 Å². The minimum Gasteiger partial charge on any atom is -0.339 e. The molecule has 1 saturated heterocycles. The molecule has 2 atom stereocenters. The summed E-state index contributed by atoms with van der Waals surface area (Å²) in [5.41, 5.74) is 2.83. The molecule has 0 saturated carbocycles. The first-order chi connectivity index (χ1) is 19.0. The van der Waals surface area contributed by atoms with Crippen molar-refractivity contribution in [3.63, 3.8) is 0 Å². The Morgan fingerprint density at radius 3 is 2.62 bits per heavy atom. The second kappa shape index (κ2) is 10.9. The summed E-state index contributed by atoms with van der Waals surface area (Å²) in [7, 11) is 0. The van der Waals surface area contributed by atoms with Crippen LogP contribution < -0.4 is 0 Å². The summed E-state index contributed by atoms with van der Waals surface area (Å²) in [4.78, 5) is 34.1. The highest BCUT2D eigenvalue weighted by Crippen LogP contribution is 2.38. The van der Waals surface area contributed by atoms with Crippen LogP contribution in [0.15, 0.2) is 78.2 Å². The standard InChI is InChI=1S/C32H32FN3O2S/c1-22-21-35(16-17-36(22)32(38)26-10-9-23-5-2-3-6-24(23)19-26)30(37)12-15-34-14-11-29-28(13-18-39-29)31(34)25-7-4-8-27(33)20-25/h2-10,13,18-20,22,31H,11-12,14-17,21H2,1H3. The first-order valence-corrected chi connectivity index (χ1v) is 14.5. The quantitative estimate of drug-likeness (QED) is 0.323. The van der Waals surface area contributed by atoms with E-state index in [1.165, 1.54) is 16.5 Å². The Labute approximate surface area is 232 Å². The van der Waals surface area contributed by atoms with Crippen LogP contribution in [0.4, 0.5) is 4.39 Å². The summed E-state index contributed by atoms with van der Waals surface area (Å²) >= 11 is 1.75. The lowest BCUT2D eigenvalue weighted by Gasteiger charge is -2.41. The molecule has 1 aromatic heterocycles. The summed E-state index contributed by atoms with van der Waals surface area (Å²) < 4.78 is 14.1. The van der Waals surface area contributed by atoms with Gasteiger partial charge in [0.05, 0.1) is 6.04 Å². The highest BCUT2D eigenvalue weighted by molar-refractivity contribution is 7.10. The molecule has 5 nitrogen and oxygen atoms in total. The van der Waals surface area contributed by atoms with E-state index in [-0.39, 0.29) is 29.7 Å². The number of thiophene rings is 1. The first-order valence-electron chi connectivity index (χ1n) is 13.6. The Balaban J connectivity index is 1.10. The fraction of sp³-hybridized carbons (Fsp3) is 0.312. The second-order valence-corrected chi connectivity index (χ2v) is 11.5. The predicted octanol–water partition coefficient (Wildman–Crippen LogP) is 5.75. The largest absolute Gasteiger partial charge is 0.339 e. The molecule has 4 aromatic rings. The van der Waals surface area contributed by atoms with Crippen LogP contribution in [-0.4, -0.2) is 65.3 Å². The molecule has 0 N–H and O–H groups in total. The normalized spacial score (nSPS) is 19.7. The highest BCUT2D eigenvalue weighted by Gasteiger charge is 2.33. The zero-order chi connectivity index (χ0) is 26.9. The second-order valence-electron chi connectivity index (χ2n) is 10.5. The average Bonchev–Trinajstić information content (AvgIpc) is 3.44. The van der Waals surface area contributed by atoms with Crippen LogP contribution in [0.25, 0.3) is 10.8 Å². The van der Waals surface area contributed by atoms with Crippen molar-refractivity contribution in [1.82, 2.24) is 14.7 Å². The van der Waals surface area contributed by atoms with Crippen molar-refractivity contribution in [1.29, 1.82) is 0 Å². The maximum atomic E-state index is 14.1. The van der Waals surface area contributed by atoms with Crippen LogP contribution in [0.1, 0.15) is 45.7 Å². The van der Waals surface area contributed by atoms with Gasteiger partial charge in [-0.05, 0) is 71.0 Å². The van der Waals surface area contributed by atoms with Crippen LogP contribution in [0.2, 0.25) is 0 Å². The molecular weight excluding hydrogens is 509 g/mol. The number of benzene rings is 3. The van der Waals surface area contributed by atoms with E-state index in [4.69, 9.17) is 0 Å². The van der Waals surface area contributed by atoms with E-state index >= 15 is 0 Å². The smallest absolute Gasteiger partial charge is 0.254 e. The van der Waals surface area contributed by atoms with Crippen molar-refractivity contribution >= 4 is 33.9 Å². The van der Waals surface area contributed by atoms with Gasteiger partial charge in [-0.25, -0.2) is 4.39 Å². The molecule has 6 rings (SSSR count). The van der Waals surface area contributed by atoms with Gasteiger partial charge >= 0.3 is 0 Å². The lowest BCUT2D eigenvalue weighted by atomic mass is 9.93. The van der Waals surface area contributed by atoms with Gasteiger partial charge in [0.15, 0.2) is 0 Å². The minimum atomic E-state index is -0.240. The Morgan fingerprint density at radius 1 is 0.949 bits per heavy atom. The zero-order valence-corrected chi connectivity index (χ0v) is 22.9. The molecule has 0 bridgehead atoms. The number of carbonyl (C=O) groups is 2. The van der Waals surface area contributed by atoms with Crippen LogP contribution >= 0.6 is 11.3 Å². The van der Waals surface area contributed by atoms with Crippen molar-refractivity contribution < 1.29 is 14.0 Å². The van der Waals surface area contributed by atoms with Gasteiger partial charge in [-0.3, -0.25) is 14.5 Å². The van der Waals surface area contributed by atoms with Crippen LogP contribution in [-0.2, 0) is 11.2 Å². The molecule has 0 radical (unpaired) electrons. The SMILES string of the molecule is CC1CN(C(=O)CCN2CCc3sccc3C2c2cccc(F)c2)CCN1C(=O)c1ccc2ccccc2c1. The van der Waals surface area contributed by atoms with E-state index in [9.17, 15) is 14.0 Å². The number of hydrogen-bond donors (Lipinski definition) is 0. The third-order valence-electron chi connectivity index (χ3n) is 8.08. The van der Waals surface area contributed by atoms with Gasteiger partial charge in [0, 0.05) is 55.6 Å². The first kappa shape index (κ1) is 25.7. The zero-order valence-electron chi connectivity index (χ0n) is 22.1. The Kier molecular flexibility index (Phi) is 7.19. The summed E-state index contributed by atoms with van der Waals surface area (Å²) in [5.74, 6) is -0.122. The third kappa shape index (κ3) is 5.21. The molecule has 2 aliphatic rings. The topological polar surface area (TPSA) is 43.9 Å². The number of halogens is 1. The number of fused-ring (bicyclic) bond motifs is 2. The van der Waals surface area contributed by atoms with Gasteiger partial charge in [0.2, 0.25) is 5.91 Å². The van der Waals surface area contributed by atoms with E-state index in [0.29, 0.717) is 38.2 Å². The van der Waals surface area contributed by atoms with Gasteiger partial charge < -0.3 is 9.80 Å². The number of carbonyl (C=O) groups excluding carboxylic acids is 2. The number of piperazine rings is 1. The lowest BCUT2D eigenvalue weighted by Crippen LogP contribution is -2.55. The molecule has 2 unspecified atom stereocenters. The monoisotopic (exact) mass is 541 g/mol. The van der Waals surface area contributed by atoms with Crippen LogP contribution in [0.5, 0.6) is 0 Å². The third-order valence-corrected chi connectivity index (χ3v) is 9.08. The molecule has 200 valence electrons. The molecule has 1 fully saturated rings. The van der Waals surface area contributed by atoms with Gasteiger partial charge in [-0.1, -0.05) is 42.5 Å². The molecule has 39 heavy (non-hydrogen) atoms. The molecule has 3 heterocycles. The van der Waals surface area contributed by atoms with Crippen LogP contribution in [0, 0.1) is 5.82 Å². The average molecular weight is 542 g/mol. The molecular formula is C32H32FN3O2S. The van der Waals surface area contributed by atoms with E-state index in [2.05, 4.69) is 16.3 Å². The maximum Gasteiger partial charge on any atom is 0.254 e. The maximum absolute atomic E-state index is 14.1. The molecule has 2 amide bonds. The fourth-order valence-electron chi connectivity index (χ4n) is 6.05. The van der Waals surface area contributed by atoms with Crippen molar-refractivity contribution in [2.45, 2.75) is 31.8 Å². The summed E-state index contributed by atoms with van der Waals surface area (Å²) in [6.45, 7) is 5.05. The van der Waals surface area contributed by atoms with Gasteiger partial charge in [-0.15, -0.1) is 11.3 Å². The highest BCUT2D eigenvalue weighted by atomic mass is 32.1. The van der Waals surface area contributed by atoms with Crippen LogP contribution in [0.3, 0.4) is 0 Å². The number of rotatable bonds is 5. The minimum absolute atomic E-state index is 0.0122. The number of nitrogens with zero attached hydrogens (tertiary/aromatic N) is 3. The lowest BCUT2D eigenvalue weighted by molar-refractivity contribution is -0.134. The summed E-state index contributed by atoms with van der Waals surface area (Å²) in [6.07, 6.45) is 1.34. The van der Waals surface area contributed by atoms with Crippen molar-refractivity contribution in [2.24, 2.45) is 0 Å². The molecule has 3 aromatic carbocycles. The summed E-state index contributed by atoms with van der Waals surface area (Å²) in [5, 5.41) is 4.26. The van der Waals surface area contributed by atoms with Gasteiger partial charge in [0.25, 0.3) is 5.91 Å². The Hall–Kier alpha value is -3.55. The molecule has 0 aliphatic carbocycles. The molecule has 7 heteroatoms. The van der Waals surface area contributed by atoms with Crippen molar-refractivity contribution in [2.75, 3.05) is 32.7 Å². The molecule has 0 spiro atoms. The van der Waals surface area contributed by atoms with Gasteiger partial charge in [0.1, 0.15) is 5.82 Å². The number of hydrogen-bond acceptors (Lipinski definition) is 4. The number of amides is 2.